The van der Waals surface area contributed by atoms with Gasteiger partial charge in [-0.05, 0) is 25.7 Å². The third kappa shape index (κ3) is 8.65. The largest absolute Gasteiger partial charge is 1.00 e. The Kier molecular flexibility index (Phi) is 10.9. The normalized spacial score (nSPS) is 15.5. The van der Waals surface area contributed by atoms with Crippen LogP contribution in [0.2, 0.25) is 0 Å². The Bertz CT molecular complexity index is 240. The predicted molar refractivity (Wildman–Crippen MR) is 53.9 cm³/mol. The van der Waals surface area contributed by atoms with Crippen LogP contribution in [0.5, 0.6) is 0 Å². The first-order valence-corrected chi connectivity index (χ1v) is 6.51. The molecule has 2 atom stereocenters. The fourth-order valence-electron chi connectivity index (χ4n) is 1.34. The average Bonchev–Trinajstić information content (AvgIpc) is 2.09. The zero-order valence-corrected chi connectivity index (χ0v) is 12.6. The van der Waals surface area contributed by atoms with E-state index >= 15 is 0 Å². The van der Waals surface area contributed by atoms with Crippen LogP contribution in [0, 0.1) is 0 Å². The quantitative estimate of drug-likeness (QED) is 0.427. The van der Waals surface area contributed by atoms with Crippen LogP contribution in [-0.2, 0) is 10.1 Å². The van der Waals surface area contributed by atoms with Gasteiger partial charge in [0.1, 0.15) is 0 Å². The van der Waals surface area contributed by atoms with Crippen molar-refractivity contribution in [2.45, 2.75) is 57.3 Å². The molecule has 86 valence electrons. The standard InChI is InChI=1S/C9H20O4S.Na/c1-3-5-9(14(11,12)13)7-6-8(10)4-2;/h8-10H,3-7H2,1-2H3,(H,11,12,13);/q;+1/p-1. The molecule has 0 fully saturated rings. The van der Waals surface area contributed by atoms with E-state index in [4.69, 9.17) is 0 Å². The SMILES string of the molecule is CCCC(CCC(O)CC)S(=O)(=O)[O-].[Na+]. The second-order valence-corrected chi connectivity index (χ2v) is 5.20. The Labute approximate surface area is 114 Å². The van der Waals surface area contributed by atoms with Crippen LogP contribution in [0.4, 0.5) is 0 Å². The molecular formula is C9H19NaO4S. The summed E-state index contributed by atoms with van der Waals surface area (Å²) in [5, 5.41) is 8.42. The molecule has 0 aromatic heterocycles. The van der Waals surface area contributed by atoms with E-state index in [1.54, 1.807) is 0 Å². The zero-order chi connectivity index (χ0) is 11.2. The Hall–Kier alpha value is 0.870. The molecule has 0 radical (unpaired) electrons. The fraction of sp³-hybridized carbons (Fsp3) is 1.00. The van der Waals surface area contributed by atoms with Crippen LogP contribution in [0.15, 0.2) is 0 Å². The molecule has 6 heteroatoms. The van der Waals surface area contributed by atoms with Crippen molar-refractivity contribution in [1.29, 1.82) is 0 Å². The number of aliphatic hydroxyl groups excluding tert-OH is 1. The molecule has 1 N–H and O–H groups in total. The van der Waals surface area contributed by atoms with Crippen molar-refractivity contribution in [1.82, 2.24) is 0 Å². The Morgan fingerprint density at radius 1 is 1.20 bits per heavy atom. The molecule has 0 saturated heterocycles. The summed E-state index contributed by atoms with van der Waals surface area (Å²) in [6.45, 7) is 3.67. The summed E-state index contributed by atoms with van der Waals surface area (Å²) >= 11 is 0. The summed E-state index contributed by atoms with van der Waals surface area (Å²) in [5.74, 6) is 0. The third-order valence-electron chi connectivity index (χ3n) is 2.31. The first kappa shape index (κ1) is 18.2. The zero-order valence-electron chi connectivity index (χ0n) is 9.77. The van der Waals surface area contributed by atoms with Crippen LogP contribution >= 0.6 is 0 Å². The first-order chi connectivity index (χ1) is 6.41. The second kappa shape index (κ2) is 8.96. The maximum Gasteiger partial charge on any atom is 1.00 e. The van der Waals surface area contributed by atoms with Gasteiger partial charge in [-0.25, -0.2) is 8.42 Å². The minimum Gasteiger partial charge on any atom is -0.748 e. The number of hydrogen-bond donors (Lipinski definition) is 1. The molecule has 0 amide bonds. The number of rotatable bonds is 7. The fourth-order valence-corrected chi connectivity index (χ4v) is 2.29. The van der Waals surface area contributed by atoms with E-state index in [-0.39, 0.29) is 36.0 Å². The minimum atomic E-state index is -4.19. The van der Waals surface area contributed by atoms with Gasteiger partial charge in [-0.15, -0.1) is 0 Å². The van der Waals surface area contributed by atoms with Gasteiger partial charge < -0.3 is 9.66 Å². The van der Waals surface area contributed by atoms with E-state index in [0.717, 1.165) is 0 Å². The average molecular weight is 246 g/mol. The molecule has 0 bridgehead atoms. The molecule has 2 unspecified atom stereocenters. The van der Waals surface area contributed by atoms with Crippen molar-refractivity contribution in [3.05, 3.63) is 0 Å². The van der Waals surface area contributed by atoms with Crippen LogP contribution < -0.4 is 29.6 Å². The van der Waals surface area contributed by atoms with Crippen molar-refractivity contribution >= 4 is 10.1 Å². The van der Waals surface area contributed by atoms with Gasteiger partial charge in [0.05, 0.1) is 16.2 Å². The van der Waals surface area contributed by atoms with Gasteiger partial charge in [0, 0.05) is 5.25 Å². The summed E-state index contributed by atoms with van der Waals surface area (Å²) in [7, 11) is -4.19. The van der Waals surface area contributed by atoms with E-state index < -0.39 is 21.5 Å². The summed E-state index contributed by atoms with van der Waals surface area (Å²) in [5.41, 5.74) is 0. The van der Waals surface area contributed by atoms with Crippen molar-refractivity contribution < 1.29 is 47.6 Å². The predicted octanol–water partition coefficient (Wildman–Crippen LogP) is -1.74. The van der Waals surface area contributed by atoms with Gasteiger partial charge >= 0.3 is 29.6 Å². The molecule has 0 aliphatic heterocycles. The van der Waals surface area contributed by atoms with Gasteiger partial charge in [0.15, 0.2) is 0 Å². The smallest absolute Gasteiger partial charge is 0.748 e. The van der Waals surface area contributed by atoms with Crippen molar-refractivity contribution in [3.8, 4) is 0 Å². The second-order valence-electron chi connectivity index (χ2n) is 3.54. The van der Waals surface area contributed by atoms with Gasteiger partial charge in [0.25, 0.3) is 0 Å². The van der Waals surface area contributed by atoms with Crippen LogP contribution in [0.3, 0.4) is 0 Å². The van der Waals surface area contributed by atoms with Gasteiger partial charge in [-0.1, -0.05) is 20.3 Å². The van der Waals surface area contributed by atoms with Gasteiger partial charge in [-0.2, -0.15) is 0 Å². The van der Waals surface area contributed by atoms with Crippen molar-refractivity contribution in [2.75, 3.05) is 0 Å². The topological polar surface area (TPSA) is 77.4 Å². The van der Waals surface area contributed by atoms with Crippen LogP contribution in [0.25, 0.3) is 0 Å². The molecule has 0 rings (SSSR count). The van der Waals surface area contributed by atoms with E-state index in [9.17, 15) is 18.1 Å². The third-order valence-corrected chi connectivity index (χ3v) is 3.60. The summed E-state index contributed by atoms with van der Waals surface area (Å²) in [6, 6.07) is 0. The summed E-state index contributed by atoms with van der Waals surface area (Å²) in [4.78, 5) is 0. The molecule has 0 saturated carbocycles. The summed E-state index contributed by atoms with van der Waals surface area (Å²) in [6.07, 6.45) is 1.84. The van der Waals surface area contributed by atoms with E-state index in [2.05, 4.69) is 0 Å². The maximum atomic E-state index is 10.8. The molecule has 0 aliphatic carbocycles. The molecule has 0 aromatic carbocycles. The van der Waals surface area contributed by atoms with E-state index in [1.165, 1.54) is 0 Å². The summed E-state index contributed by atoms with van der Waals surface area (Å²) < 4.78 is 32.4. The van der Waals surface area contributed by atoms with Crippen molar-refractivity contribution in [2.24, 2.45) is 0 Å². The van der Waals surface area contributed by atoms with E-state index in [1.807, 2.05) is 13.8 Å². The molecule has 4 nitrogen and oxygen atoms in total. The van der Waals surface area contributed by atoms with Crippen LogP contribution in [0.1, 0.15) is 46.0 Å². The molecular weight excluding hydrogens is 227 g/mol. The van der Waals surface area contributed by atoms with Gasteiger partial charge in [-0.3, -0.25) is 0 Å². The van der Waals surface area contributed by atoms with Crippen LogP contribution in [-0.4, -0.2) is 29.4 Å². The Morgan fingerprint density at radius 3 is 2.07 bits per heavy atom. The van der Waals surface area contributed by atoms with Gasteiger partial charge in [0.2, 0.25) is 0 Å². The molecule has 0 heterocycles. The first-order valence-electron chi connectivity index (χ1n) is 5.04. The Morgan fingerprint density at radius 2 is 1.73 bits per heavy atom. The molecule has 0 spiro atoms. The Balaban J connectivity index is 0. The number of hydrogen-bond acceptors (Lipinski definition) is 4. The molecule has 0 aromatic rings. The molecule has 15 heavy (non-hydrogen) atoms. The minimum absolute atomic E-state index is 0. The monoisotopic (exact) mass is 246 g/mol. The maximum absolute atomic E-state index is 10.8. The number of aliphatic hydroxyl groups is 1. The van der Waals surface area contributed by atoms with E-state index in [0.29, 0.717) is 25.7 Å². The van der Waals surface area contributed by atoms with Crippen molar-refractivity contribution in [3.63, 3.8) is 0 Å². The molecule has 0 aliphatic rings.